The van der Waals surface area contributed by atoms with Crippen LogP contribution in [0.5, 0.6) is 17.2 Å². The van der Waals surface area contributed by atoms with Crippen molar-refractivity contribution in [1.29, 1.82) is 0 Å². The molecule has 1 aromatic carbocycles. The third-order valence-corrected chi connectivity index (χ3v) is 5.01. The van der Waals surface area contributed by atoms with Crippen LogP contribution in [0.1, 0.15) is 20.8 Å². The molecule has 17 heavy (non-hydrogen) atoms. The average Bonchev–Trinajstić information content (AvgIpc) is 2.73. The molecule has 2 rings (SSSR count). The molecular weight excluding hydrogens is 234 g/mol. The first-order chi connectivity index (χ1) is 7.95. The zero-order chi connectivity index (χ0) is 12.6. The number of hydrogen-bond acceptors (Lipinski definition) is 3. The Morgan fingerprint density at radius 1 is 1.29 bits per heavy atom. The van der Waals surface area contributed by atoms with Gasteiger partial charge in [-0.05, 0) is 17.3 Å². The molecule has 3 nitrogen and oxygen atoms in total. The lowest BCUT2D eigenvalue weighted by molar-refractivity contribution is 0.174. The molecule has 1 aliphatic rings. The lowest BCUT2D eigenvalue weighted by Crippen LogP contribution is -2.21. The molecular formula is C12H16BO3P. The highest BCUT2D eigenvalue weighted by Crippen LogP contribution is 2.51. The lowest BCUT2D eigenvalue weighted by Gasteiger charge is -2.30. The molecule has 0 amide bonds. The highest BCUT2D eigenvalue weighted by atomic mass is 31.1. The van der Waals surface area contributed by atoms with Crippen molar-refractivity contribution in [3.05, 3.63) is 12.1 Å². The molecule has 0 N–H and O–H groups in total. The molecule has 1 aromatic rings. The van der Waals surface area contributed by atoms with Crippen LogP contribution >= 0.6 is 7.80 Å². The molecule has 0 bridgehead atoms. The Morgan fingerprint density at radius 3 is 2.59 bits per heavy atom. The smallest absolute Gasteiger partial charge is 0.231 e. The fourth-order valence-corrected chi connectivity index (χ4v) is 3.14. The molecule has 1 atom stereocenters. The van der Waals surface area contributed by atoms with Crippen LogP contribution in [0.3, 0.4) is 0 Å². The van der Waals surface area contributed by atoms with Crippen LogP contribution in [0.15, 0.2) is 12.1 Å². The van der Waals surface area contributed by atoms with E-state index in [0.717, 1.165) is 22.6 Å². The predicted octanol–water partition coefficient (Wildman–Crippen LogP) is 2.41. The van der Waals surface area contributed by atoms with Crippen LogP contribution in [0.2, 0.25) is 0 Å². The minimum Gasteiger partial charge on any atom is -0.496 e. The second-order valence-corrected chi connectivity index (χ2v) is 7.42. The fraction of sp³-hybridized carbons (Fsp3) is 0.500. The Bertz CT molecular complexity index is 428. The van der Waals surface area contributed by atoms with E-state index in [1.54, 1.807) is 7.11 Å². The molecule has 0 saturated carbocycles. The van der Waals surface area contributed by atoms with Crippen molar-refractivity contribution in [2.45, 2.75) is 25.9 Å². The van der Waals surface area contributed by atoms with Crippen molar-refractivity contribution in [2.24, 2.45) is 0 Å². The van der Waals surface area contributed by atoms with Gasteiger partial charge in [0.05, 0.1) is 12.4 Å². The van der Waals surface area contributed by atoms with E-state index in [4.69, 9.17) is 21.8 Å². The van der Waals surface area contributed by atoms with E-state index >= 15 is 0 Å². The van der Waals surface area contributed by atoms with E-state index in [1.807, 2.05) is 12.1 Å². The summed E-state index contributed by atoms with van der Waals surface area (Å²) < 4.78 is 16.3. The maximum absolute atomic E-state index is 6.37. The summed E-state index contributed by atoms with van der Waals surface area (Å²) in [5.41, 5.74) is 0. The van der Waals surface area contributed by atoms with Crippen molar-refractivity contribution < 1.29 is 14.2 Å². The monoisotopic (exact) mass is 250 g/mol. The Kier molecular flexibility index (Phi) is 3.26. The highest BCUT2D eigenvalue weighted by Gasteiger charge is 2.30. The Balaban J connectivity index is 2.54. The second-order valence-electron chi connectivity index (χ2n) is 4.89. The number of hydrogen-bond donors (Lipinski definition) is 0. The van der Waals surface area contributed by atoms with Gasteiger partial charge >= 0.3 is 0 Å². The van der Waals surface area contributed by atoms with Crippen LogP contribution in [-0.4, -0.2) is 26.6 Å². The molecule has 0 spiro atoms. The van der Waals surface area contributed by atoms with Crippen molar-refractivity contribution in [2.75, 3.05) is 13.9 Å². The number of ether oxygens (including phenoxy) is 3. The topological polar surface area (TPSA) is 27.7 Å². The van der Waals surface area contributed by atoms with Gasteiger partial charge in [0.25, 0.3) is 0 Å². The van der Waals surface area contributed by atoms with Crippen LogP contribution in [0, 0.1) is 0 Å². The van der Waals surface area contributed by atoms with Gasteiger partial charge in [-0.3, -0.25) is 0 Å². The van der Waals surface area contributed by atoms with Gasteiger partial charge in [0.15, 0.2) is 11.5 Å². The molecule has 0 aromatic heterocycles. The minimum atomic E-state index is -0.876. The molecule has 5 heteroatoms. The first kappa shape index (κ1) is 12.6. The summed E-state index contributed by atoms with van der Waals surface area (Å²) in [6, 6.07) is 3.74. The van der Waals surface area contributed by atoms with Crippen molar-refractivity contribution in [1.82, 2.24) is 0 Å². The van der Waals surface area contributed by atoms with Gasteiger partial charge in [-0.1, -0.05) is 20.8 Å². The van der Waals surface area contributed by atoms with Gasteiger partial charge in [-0.2, -0.15) is 0 Å². The lowest BCUT2D eigenvalue weighted by atomic mass is 10.2. The van der Waals surface area contributed by atoms with Crippen LogP contribution in [-0.2, 0) is 0 Å². The summed E-state index contributed by atoms with van der Waals surface area (Å²) in [6.07, 6.45) is 0. The normalized spacial score (nSPS) is 15.8. The molecule has 1 aliphatic heterocycles. The van der Waals surface area contributed by atoms with Crippen LogP contribution in [0.25, 0.3) is 0 Å². The molecule has 1 unspecified atom stereocenters. The van der Waals surface area contributed by atoms with Crippen LogP contribution in [0.4, 0.5) is 0 Å². The number of benzene rings is 1. The molecule has 2 radical (unpaired) electrons. The predicted molar refractivity (Wildman–Crippen MR) is 71.2 cm³/mol. The summed E-state index contributed by atoms with van der Waals surface area (Å²) in [5, 5.41) is 0.939. The van der Waals surface area contributed by atoms with Gasteiger partial charge in [-0.15, -0.1) is 7.80 Å². The van der Waals surface area contributed by atoms with Gasteiger partial charge in [0.1, 0.15) is 13.3 Å². The first-order valence-corrected chi connectivity index (χ1v) is 6.87. The maximum Gasteiger partial charge on any atom is 0.231 e. The molecule has 0 fully saturated rings. The summed E-state index contributed by atoms with van der Waals surface area (Å²) >= 11 is 0. The molecule has 90 valence electrons. The van der Waals surface area contributed by atoms with E-state index in [-0.39, 0.29) is 11.9 Å². The average molecular weight is 250 g/mol. The molecule has 1 heterocycles. The summed E-state index contributed by atoms with van der Waals surface area (Å²) in [5.74, 6) is 2.27. The fourth-order valence-electron chi connectivity index (χ4n) is 1.67. The van der Waals surface area contributed by atoms with E-state index in [2.05, 4.69) is 20.8 Å². The van der Waals surface area contributed by atoms with Crippen molar-refractivity contribution in [3.8, 4) is 17.2 Å². The Morgan fingerprint density at radius 2 is 2.00 bits per heavy atom. The molecule has 0 aliphatic carbocycles. The van der Waals surface area contributed by atoms with Gasteiger partial charge in [0.2, 0.25) is 6.79 Å². The number of fused-ring (bicyclic) bond motifs is 1. The zero-order valence-corrected chi connectivity index (χ0v) is 11.5. The summed E-state index contributed by atoms with van der Waals surface area (Å²) in [7, 11) is 7.14. The number of methoxy groups -OCH3 is 1. The Hall–Kier alpha value is -0.885. The molecule has 0 saturated heterocycles. The highest BCUT2D eigenvalue weighted by molar-refractivity contribution is 7.89. The van der Waals surface area contributed by atoms with Crippen LogP contribution < -0.4 is 19.5 Å². The van der Waals surface area contributed by atoms with Crippen molar-refractivity contribution in [3.63, 3.8) is 0 Å². The van der Waals surface area contributed by atoms with Gasteiger partial charge in [-0.25, -0.2) is 0 Å². The summed E-state index contributed by atoms with van der Waals surface area (Å²) in [4.78, 5) is 0. The standard InChI is InChI=1S/C12H16BO3P/c1-12(2,3)17(13)11-9(14-4)6-5-8-10(11)16-7-15-8/h5-6H,7H2,1-4H3. The second kappa shape index (κ2) is 4.42. The quantitative estimate of drug-likeness (QED) is 0.595. The third kappa shape index (κ3) is 2.23. The zero-order valence-electron chi connectivity index (χ0n) is 10.6. The van der Waals surface area contributed by atoms with Gasteiger partial charge in [0, 0.05) is 0 Å². The minimum absolute atomic E-state index is 0.0102. The third-order valence-electron chi connectivity index (χ3n) is 2.66. The summed E-state index contributed by atoms with van der Waals surface area (Å²) in [6.45, 7) is 6.61. The van der Waals surface area contributed by atoms with E-state index in [9.17, 15) is 0 Å². The number of rotatable bonds is 2. The maximum atomic E-state index is 6.37. The Labute approximate surface area is 105 Å². The van der Waals surface area contributed by atoms with Gasteiger partial charge < -0.3 is 14.2 Å². The van der Waals surface area contributed by atoms with E-state index in [0.29, 0.717) is 0 Å². The van der Waals surface area contributed by atoms with Crippen molar-refractivity contribution >= 4 is 20.7 Å². The largest absolute Gasteiger partial charge is 0.496 e. The first-order valence-electron chi connectivity index (χ1n) is 5.46. The van der Waals surface area contributed by atoms with E-state index in [1.165, 1.54) is 0 Å². The van der Waals surface area contributed by atoms with E-state index < -0.39 is 7.80 Å². The SMILES string of the molecule is [B]P(c1c(OC)ccc2c1OCO2)C(C)(C)C.